The van der Waals surface area contributed by atoms with Crippen LogP contribution in [0.4, 0.5) is 0 Å². The first-order chi connectivity index (χ1) is 23.9. The zero-order valence-corrected chi connectivity index (χ0v) is 33.1. The molecule has 0 N–H and O–H groups in total. The number of carbonyl (C=O) groups is 3. The summed E-state index contributed by atoms with van der Waals surface area (Å²) < 4.78 is 16.5. The van der Waals surface area contributed by atoms with Gasteiger partial charge in [0.2, 0.25) is 0 Å². The molecule has 49 heavy (non-hydrogen) atoms. The molecule has 6 nitrogen and oxygen atoms in total. The summed E-state index contributed by atoms with van der Waals surface area (Å²) in [7, 11) is 0. The minimum absolute atomic E-state index is 0.0654. The third-order valence-electron chi connectivity index (χ3n) is 9.54. The fraction of sp³-hybridized carbons (Fsp3) is 0.930. The summed E-state index contributed by atoms with van der Waals surface area (Å²) in [6.45, 7) is 8.90. The highest BCUT2D eigenvalue weighted by atomic mass is 16.6. The van der Waals surface area contributed by atoms with Crippen molar-refractivity contribution in [1.82, 2.24) is 0 Å². The number of unbranched alkanes of at least 4 members (excludes halogenated alkanes) is 25. The third-order valence-corrected chi connectivity index (χ3v) is 9.54. The first kappa shape index (κ1) is 47.4. The first-order valence-electron chi connectivity index (χ1n) is 21.4. The van der Waals surface area contributed by atoms with Crippen molar-refractivity contribution in [2.75, 3.05) is 13.2 Å². The second-order valence-electron chi connectivity index (χ2n) is 15.1. The Morgan fingerprint density at radius 3 is 1.00 bits per heavy atom. The third kappa shape index (κ3) is 37.5. The maximum Gasteiger partial charge on any atom is 0.306 e. The van der Waals surface area contributed by atoms with E-state index in [1.54, 1.807) is 0 Å². The molecule has 0 saturated carbocycles. The molecule has 0 aliphatic rings. The highest BCUT2D eigenvalue weighted by molar-refractivity contribution is 5.71. The van der Waals surface area contributed by atoms with Gasteiger partial charge in [0.25, 0.3) is 0 Å². The average Bonchev–Trinajstić information content (AvgIpc) is 3.08. The second kappa shape index (κ2) is 37.7. The normalized spacial score (nSPS) is 11.9. The Bertz CT molecular complexity index is 736. The van der Waals surface area contributed by atoms with Crippen LogP contribution in [0.3, 0.4) is 0 Å². The number of carbonyl (C=O) groups excluding carboxylic acids is 3. The smallest absolute Gasteiger partial charge is 0.306 e. The van der Waals surface area contributed by atoms with Gasteiger partial charge in [-0.2, -0.15) is 0 Å². The Morgan fingerprint density at radius 2 is 0.673 bits per heavy atom. The summed E-state index contributed by atoms with van der Waals surface area (Å²) in [6, 6.07) is 0. The molecule has 0 radical (unpaired) electrons. The monoisotopic (exact) mass is 695 g/mol. The van der Waals surface area contributed by atoms with Crippen LogP contribution in [-0.2, 0) is 28.6 Å². The zero-order valence-electron chi connectivity index (χ0n) is 33.1. The van der Waals surface area contributed by atoms with Crippen molar-refractivity contribution in [2.45, 2.75) is 239 Å². The van der Waals surface area contributed by atoms with Gasteiger partial charge in [0.1, 0.15) is 13.2 Å². The van der Waals surface area contributed by atoms with Gasteiger partial charge in [0.15, 0.2) is 6.10 Å². The molecule has 0 rings (SSSR count). The molecule has 0 aliphatic heterocycles. The first-order valence-corrected chi connectivity index (χ1v) is 21.4. The van der Waals surface area contributed by atoms with Crippen molar-refractivity contribution in [3.63, 3.8) is 0 Å². The van der Waals surface area contributed by atoms with Gasteiger partial charge in [-0.3, -0.25) is 14.4 Å². The number of hydrogen-bond donors (Lipinski definition) is 0. The Kier molecular flexibility index (Phi) is 36.4. The maximum atomic E-state index is 12.6. The lowest BCUT2D eigenvalue weighted by Gasteiger charge is -2.18. The van der Waals surface area contributed by atoms with Crippen LogP contribution in [0.5, 0.6) is 0 Å². The lowest BCUT2D eigenvalue weighted by atomic mass is 10.0. The fourth-order valence-corrected chi connectivity index (χ4v) is 6.27. The molecule has 0 saturated heterocycles. The van der Waals surface area contributed by atoms with E-state index in [0.29, 0.717) is 19.3 Å². The quantitative estimate of drug-likeness (QED) is 0.0364. The van der Waals surface area contributed by atoms with Gasteiger partial charge in [-0.15, -0.1) is 0 Å². The van der Waals surface area contributed by atoms with E-state index in [1.807, 2.05) is 0 Å². The minimum atomic E-state index is -0.756. The van der Waals surface area contributed by atoms with E-state index in [2.05, 4.69) is 27.7 Å². The van der Waals surface area contributed by atoms with E-state index in [9.17, 15) is 14.4 Å². The van der Waals surface area contributed by atoms with Gasteiger partial charge in [-0.1, -0.05) is 195 Å². The summed E-state index contributed by atoms with van der Waals surface area (Å²) in [5.41, 5.74) is 0. The predicted molar refractivity (Wildman–Crippen MR) is 206 cm³/mol. The molecule has 0 bridgehead atoms. The predicted octanol–water partition coefficient (Wildman–Crippen LogP) is 13.2. The van der Waals surface area contributed by atoms with E-state index in [-0.39, 0.29) is 31.1 Å². The van der Waals surface area contributed by atoms with Gasteiger partial charge in [0.05, 0.1) is 0 Å². The molecule has 0 spiro atoms. The van der Waals surface area contributed by atoms with Crippen LogP contribution in [0.25, 0.3) is 0 Å². The standard InChI is InChI=1S/C43H82O6/c1-5-7-9-11-12-19-23-27-31-35-42(45)48-38-40(37-47-41(44)34-30-25-10-8-6-2)49-43(46)36-32-28-24-21-18-16-14-13-15-17-20-22-26-29-33-39(3)4/h39-40H,5-38H2,1-4H3/t40-/m0/s1. The van der Waals surface area contributed by atoms with Crippen molar-refractivity contribution < 1.29 is 28.6 Å². The zero-order chi connectivity index (χ0) is 36.0. The maximum absolute atomic E-state index is 12.6. The highest BCUT2D eigenvalue weighted by Gasteiger charge is 2.19. The van der Waals surface area contributed by atoms with Crippen molar-refractivity contribution >= 4 is 17.9 Å². The van der Waals surface area contributed by atoms with Crippen LogP contribution in [0, 0.1) is 5.92 Å². The molecule has 0 fully saturated rings. The minimum Gasteiger partial charge on any atom is -0.462 e. The fourth-order valence-electron chi connectivity index (χ4n) is 6.27. The van der Waals surface area contributed by atoms with Crippen LogP contribution in [0.15, 0.2) is 0 Å². The Morgan fingerprint density at radius 1 is 0.388 bits per heavy atom. The van der Waals surface area contributed by atoms with E-state index >= 15 is 0 Å². The van der Waals surface area contributed by atoms with Gasteiger partial charge in [0, 0.05) is 19.3 Å². The van der Waals surface area contributed by atoms with Gasteiger partial charge in [-0.25, -0.2) is 0 Å². The largest absolute Gasteiger partial charge is 0.462 e. The molecule has 0 heterocycles. The molecular formula is C43H82O6. The highest BCUT2D eigenvalue weighted by Crippen LogP contribution is 2.16. The lowest BCUT2D eigenvalue weighted by molar-refractivity contribution is -0.167. The summed E-state index contributed by atoms with van der Waals surface area (Å²) in [6.07, 6.45) is 35.5. The number of hydrogen-bond acceptors (Lipinski definition) is 6. The average molecular weight is 695 g/mol. The van der Waals surface area contributed by atoms with Gasteiger partial charge >= 0.3 is 17.9 Å². The van der Waals surface area contributed by atoms with E-state index in [1.165, 1.54) is 122 Å². The molecule has 1 atom stereocenters. The summed E-state index contributed by atoms with van der Waals surface area (Å²) in [5, 5.41) is 0. The molecular weight excluding hydrogens is 612 g/mol. The number of rotatable bonds is 38. The van der Waals surface area contributed by atoms with E-state index in [0.717, 1.165) is 70.1 Å². The van der Waals surface area contributed by atoms with E-state index < -0.39 is 6.10 Å². The molecule has 6 heteroatoms. The number of esters is 3. The molecule has 0 amide bonds. The SMILES string of the molecule is CCCCCCCCCCCC(=O)OC[C@H](COC(=O)CCCCCCC)OC(=O)CCCCCCCCCCCCCCCCC(C)C. The van der Waals surface area contributed by atoms with Crippen molar-refractivity contribution in [1.29, 1.82) is 0 Å². The molecule has 0 aromatic carbocycles. The Hall–Kier alpha value is -1.59. The van der Waals surface area contributed by atoms with Crippen LogP contribution >= 0.6 is 0 Å². The van der Waals surface area contributed by atoms with Crippen LogP contribution in [0.2, 0.25) is 0 Å². The van der Waals surface area contributed by atoms with Gasteiger partial charge < -0.3 is 14.2 Å². The summed E-state index contributed by atoms with van der Waals surface area (Å²) in [5.74, 6) is -0.0309. The van der Waals surface area contributed by atoms with Crippen molar-refractivity contribution in [3.8, 4) is 0 Å². The molecule has 0 unspecified atom stereocenters. The van der Waals surface area contributed by atoms with Gasteiger partial charge in [-0.05, 0) is 25.2 Å². The van der Waals surface area contributed by atoms with Crippen molar-refractivity contribution in [2.24, 2.45) is 5.92 Å². The lowest BCUT2D eigenvalue weighted by Crippen LogP contribution is -2.30. The summed E-state index contributed by atoms with van der Waals surface area (Å²) in [4.78, 5) is 37.3. The van der Waals surface area contributed by atoms with Crippen LogP contribution in [0.1, 0.15) is 233 Å². The number of ether oxygens (including phenoxy) is 3. The topological polar surface area (TPSA) is 78.9 Å². The van der Waals surface area contributed by atoms with E-state index in [4.69, 9.17) is 14.2 Å². The van der Waals surface area contributed by atoms with Crippen molar-refractivity contribution in [3.05, 3.63) is 0 Å². The Balaban J connectivity index is 4.16. The molecule has 290 valence electrons. The second-order valence-corrected chi connectivity index (χ2v) is 15.1. The molecule has 0 aromatic rings. The van der Waals surface area contributed by atoms with Crippen LogP contribution < -0.4 is 0 Å². The molecule has 0 aliphatic carbocycles. The Labute approximate surface area is 304 Å². The van der Waals surface area contributed by atoms with Crippen LogP contribution in [-0.4, -0.2) is 37.2 Å². The summed E-state index contributed by atoms with van der Waals surface area (Å²) >= 11 is 0. The molecule has 0 aromatic heterocycles.